The lowest BCUT2D eigenvalue weighted by atomic mass is 10.3. The zero-order chi connectivity index (χ0) is 14.4. The van der Waals surface area contributed by atoms with E-state index in [1.807, 2.05) is 12.1 Å². The molecule has 104 valence electrons. The van der Waals surface area contributed by atoms with Crippen molar-refractivity contribution in [3.63, 3.8) is 0 Å². The summed E-state index contributed by atoms with van der Waals surface area (Å²) >= 11 is 6.65. The van der Waals surface area contributed by atoms with Gasteiger partial charge in [0, 0.05) is 18.6 Å². The third-order valence-corrected chi connectivity index (χ3v) is 3.30. The molecular weight excluding hydrogens is 380 g/mol. The van der Waals surface area contributed by atoms with Gasteiger partial charge in [-0.1, -0.05) is 15.9 Å². The molecule has 2 amide bonds. The van der Waals surface area contributed by atoms with Crippen LogP contribution in [0.1, 0.15) is 0 Å². The fourth-order valence-corrected chi connectivity index (χ4v) is 2.28. The van der Waals surface area contributed by atoms with Crippen LogP contribution in [0.25, 0.3) is 0 Å². The summed E-state index contributed by atoms with van der Waals surface area (Å²) in [6, 6.07) is 5.38. The maximum absolute atomic E-state index is 11.5. The molecule has 1 aromatic rings. The van der Waals surface area contributed by atoms with Crippen LogP contribution >= 0.6 is 31.9 Å². The fraction of sp³-hybridized carbons (Fsp3) is 0.333. The molecule has 1 rings (SSSR count). The van der Waals surface area contributed by atoms with Crippen LogP contribution in [0.5, 0.6) is 5.75 Å². The van der Waals surface area contributed by atoms with Crippen LogP contribution in [0.2, 0.25) is 0 Å². The van der Waals surface area contributed by atoms with Crippen molar-refractivity contribution >= 4 is 43.7 Å². The molecule has 0 radical (unpaired) electrons. The summed E-state index contributed by atoms with van der Waals surface area (Å²) in [4.78, 5) is 24.2. The van der Waals surface area contributed by atoms with Crippen molar-refractivity contribution in [2.45, 2.75) is 0 Å². The van der Waals surface area contributed by atoms with Crippen molar-refractivity contribution in [1.82, 2.24) is 10.2 Å². The Bertz CT molecular complexity index is 478. The number of likely N-dealkylation sites (N-methyl/N-ethyl adjacent to an activating group) is 1. The molecule has 5 nitrogen and oxygen atoms in total. The zero-order valence-electron chi connectivity index (χ0n) is 10.6. The first kappa shape index (κ1) is 16.0. The molecule has 19 heavy (non-hydrogen) atoms. The molecule has 0 aromatic heterocycles. The number of hydrogen-bond acceptors (Lipinski definition) is 3. The molecule has 0 spiro atoms. The molecule has 0 aliphatic rings. The average molecular weight is 394 g/mol. The second-order valence-electron chi connectivity index (χ2n) is 3.93. The largest absolute Gasteiger partial charge is 0.483 e. The van der Waals surface area contributed by atoms with Gasteiger partial charge in [0.05, 0.1) is 11.0 Å². The summed E-state index contributed by atoms with van der Waals surface area (Å²) < 4.78 is 7.00. The van der Waals surface area contributed by atoms with Gasteiger partial charge in [0.1, 0.15) is 5.75 Å². The van der Waals surface area contributed by atoms with E-state index in [0.717, 1.165) is 8.95 Å². The van der Waals surface area contributed by atoms with E-state index in [4.69, 9.17) is 4.74 Å². The van der Waals surface area contributed by atoms with Crippen LogP contribution in [-0.4, -0.2) is 44.0 Å². The van der Waals surface area contributed by atoms with Gasteiger partial charge in [-0.3, -0.25) is 9.59 Å². The second-order valence-corrected chi connectivity index (χ2v) is 5.70. The minimum Gasteiger partial charge on any atom is -0.483 e. The number of amides is 2. The van der Waals surface area contributed by atoms with Crippen molar-refractivity contribution in [3.05, 3.63) is 27.1 Å². The van der Waals surface area contributed by atoms with Gasteiger partial charge in [0.25, 0.3) is 5.91 Å². The van der Waals surface area contributed by atoms with Crippen molar-refractivity contribution in [3.8, 4) is 5.75 Å². The molecular formula is C12H14Br2N2O3. The summed E-state index contributed by atoms with van der Waals surface area (Å²) in [5.74, 6) is 0.0560. The predicted molar refractivity (Wildman–Crippen MR) is 79.0 cm³/mol. The molecule has 0 atom stereocenters. The van der Waals surface area contributed by atoms with Crippen LogP contribution in [0.3, 0.4) is 0 Å². The van der Waals surface area contributed by atoms with Crippen molar-refractivity contribution in [2.75, 3.05) is 27.2 Å². The highest BCUT2D eigenvalue weighted by Gasteiger charge is 2.09. The number of carbonyl (C=O) groups excluding carboxylic acids is 2. The minimum atomic E-state index is -0.343. The van der Waals surface area contributed by atoms with E-state index in [0.29, 0.717) is 5.75 Å². The second kappa shape index (κ2) is 7.49. The molecule has 0 saturated heterocycles. The summed E-state index contributed by atoms with van der Waals surface area (Å²) in [6.07, 6.45) is 0. The summed E-state index contributed by atoms with van der Waals surface area (Å²) in [5, 5.41) is 2.49. The lowest BCUT2D eigenvalue weighted by molar-refractivity contribution is -0.131. The Morgan fingerprint density at radius 2 is 2.00 bits per heavy atom. The summed E-state index contributed by atoms with van der Waals surface area (Å²) in [5.41, 5.74) is 0. The third-order valence-electron chi connectivity index (χ3n) is 2.19. The number of halogens is 2. The van der Waals surface area contributed by atoms with Crippen LogP contribution in [0, 0.1) is 0 Å². The van der Waals surface area contributed by atoms with E-state index in [1.165, 1.54) is 4.90 Å². The predicted octanol–water partition coefficient (Wildman–Crippen LogP) is 1.79. The third kappa shape index (κ3) is 5.61. The van der Waals surface area contributed by atoms with Gasteiger partial charge in [0.2, 0.25) is 5.91 Å². The Morgan fingerprint density at radius 3 is 2.58 bits per heavy atom. The minimum absolute atomic E-state index is 0.0311. The molecule has 0 unspecified atom stereocenters. The van der Waals surface area contributed by atoms with Gasteiger partial charge < -0.3 is 15.0 Å². The first-order valence-electron chi connectivity index (χ1n) is 5.45. The number of nitrogens with one attached hydrogen (secondary N) is 1. The number of nitrogens with zero attached hydrogens (tertiary/aromatic N) is 1. The number of rotatable bonds is 5. The number of hydrogen-bond donors (Lipinski definition) is 1. The maximum Gasteiger partial charge on any atom is 0.258 e. The standard InChI is InChI=1S/C12H14Br2N2O3/c1-16(2)12(18)6-15-11(17)7-19-10-4-3-8(13)5-9(10)14/h3-5H,6-7H2,1-2H3,(H,15,17). The van der Waals surface area contributed by atoms with Gasteiger partial charge in [-0.05, 0) is 34.1 Å². The Kier molecular flexibility index (Phi) is 6.30. The highest BCUT2D eigenvalue weighted by atomic mass is 79.9. The first-order chi connectivity index (χ1) is 8.90. The van der Waals surface area contributed by atoms with Gasteiger partial charge >= 0.3 is 0 Å². The molecule has 1 aromatic carbocycles. The lowest BCUT2D eigenvalue weighted by Gasteiger charge is -2.12. The van der Waals surface area contributed by atoms with E-state index < -0.39 is 0 Å². The molecule has 7 heteroatoms. The maximum atomic E-state index is 11.5. The molecule has 0 fully saturated rings. The highest BCUT2D eigenvalue weighted by Crippen LogP contribution is 2.27. The summed E-state index contributed by atoms with van der Waals surface area (Å²) in [7, 11) is 3.26. The van der Waals surface area contributed by atoms with E-state index in [-0.39, 0.29) is 25.0 Å². The number of benzene rings is 1. The molecule has 0 bridgehead atoms. The smallest absolute Gasteiger partial charge is 0.258 e. The van der Waals surface area contributed by atoms with Crippen LogP contribution in [-0.2, 0) is 9.59 Å². The first-order valence-corrected chi connectivity index (χ1v) is 7.03. The normalized spacial score (nSPS) is 9.89. The monoisotopic (exact) mass is 392 g/mol. The Balaban J connectivity index is 2.40. The molecule has 0 aliphatic carbocycles. The van der Waals surface area contributed by atoms with Crippen LogP contribution in [0.4, 0.5) is 0 Å². The van der Waals surface area contributed by atoms with Crippen molar-refractivity contribution in [1.29, 1.82) is 0 Å². The Labute approximate surface area is 128 Å². The van der Waals surface area contributed by atoms with E-state index in [2.05, 4.69) is 37.2 Å². The van der Waals surface area contributed by atoms with Crippen molar-refractivity contribution < 1.29 is 14.3 Å². The number of ether oxygens (including phenoxy) is 1. The SMILES string of the molecule is CN(C)C(=O)CNC(=O)COc1ccc(Br)cc1Br. The zero-order valence-corrected chi connectivity index (χ0v) is 13.7. The Hall–Kier alpha value is -1.08. The van der Waals surface area contributed by atoms with E-state index in [1.54, 1.807) is 20.2 Å². The van der Waals surface area contributed by atoms with Gasteiger partial charge in [-0.2, -0.15) is 0 Å². The molecule has 0 saturated carbocycles. The van der Waals surface area contributed by atoms with Crippen LogP contribution < -0.4 is 10.1 Å². The van der Waals surface area contributed by atoms with E-state index in [9.17, 15) is 9.59 Å². The fourth-order valence-electron chi connectivity index (χ4n) is 1.12. The topological polar surface area (TPSA) is 58.6 Å². The van der Waals surface area contributed by atoms with E-state index >= 15 is 0 Å². The van der Waals surface area contributed by atoms with Gasteiger partial charge in [0.15, 0.2) is 6.61 Å². The molecule has 0 heterocycles. The molecule has 0 aliphatic heterocycles. The quantitative estimate of drug-likeness (QED) is 0.829. The average Bonchev–Trinajstić information content (AvgIpc) is 2.34. The number of carbonyl (C=O) groups is 2. The van der Waals surface area contributed by atoms with Gasteiger partial charge in [-0.15, -0.1) is 0 Å². The summed E-state index contributed by atoms with van der Waals surface area (Å²) in [6.45, 7) is -0.169. The van der Waals surface area contributed by atoms with Crippen LogP contribution in [0.15, 0.2) is 27.1 Å². The van der Waals surface area contributed by atoms with Gasteiger partial charge in [-0.25, -0.2) is 0 Å². The Morgan fingerprint density at radius 1 is 1.32 bits per heavy atom. The lowest BCUT2D eigenvalue weighted by Crippen LogP contribution is -2.38. The highest BCUT2D eigenvalue weighted by molar-refractivity contribution is 9.11. The molecule has 1 N–H and O–H groups in total. The van der Waals surface area contributed by atoms with Crippen molar-refractivity contribution in [2.24, 2.45) is 0 Å².